The maximum atomic E-state index is 11.8. The van der Waals surface area contributed by atoms with Gasteiger partial charge in [-0.05, 0) is 12.5 Å². The molecular weight excluding hydrogens is 250 g/mol. The van der Waals surface area contributed by atoms with Crippen LogP contribution in [0.1, 0.15) is 18.5 Å². The number of carbonyl (C=O) groups excluding carboxylic acids is 1. The monoisotopic (exact) mass is 269 g/mol. The van der Waals surface area contributed by atoms with E-state index in [-0.39, 0.29) is 11.9 Å². The average Bonchev–Trinajstić information content (AvgIpc) is 2.37. The molecule has 1 aromatic carbocycles. The number of benzene rings is 1. The molecule has 5 heteroatoms. The summed E-state index contributed by atoms with van der Waals surface area (Å²) >= 11 is 0. The molecule has 1 aromatic rings. The van der Waals surface area contributed by atoms with Gasteiger partial charge in [-0.2, -0.15) is 0 Å². The van der Waals surface area contributed by atoms with Crippen molar-refractivity contribution in [2.75, 3.05) is 19.1 Å². The summed E-state index contributed by atoms with van der Waals surface area (Å²) in [5.74, 6) is 0.198. The van der Waals surface area contributed by atoms with Crippen molar-refractivity contribution >= 4 is 16.7 Å². The topological polar surface area (TPSA) is 55.4 Å². The van der Waals surface area contributed by atoms with Crippen LogP contribution in [0.2, 0.25) is 0 Å². The molecule has 100 valence electrons. The fourth-order valence-corrected chi connectivity index (χ4v) is 2.28. The van der Waals surface area contributed by atoms with Crippen LogP contribution >= 0.6 is 0 Å². The molecule has 0 saturated heterocycles. The van der Waals surface area contributed by atoms with Gasteiger partial charge in [0.15, 0.2) is 0 Å². The molecule has 1 N–H and O–H groups in total. The largest absolute Gasteiger partial charge is 0.372 e. The van der Waals surface area contributed by atoms with E-state index in [4.69, 9.17) is 4.74 Å². The first-order chi connectivity index (χ1) is 8.54. The van der Waals surface area contributed by atoms with Crippen molar-refractivity contribution in [2.24, 2.45) is 0 Å². The van der Waals surface area contributed by atoms with Crippen molar-refractivity contribution in [3.63, 3.8) is 0 Å². The van der Waals surface area contributed by atoms with Crippen LogP contribution in [-0.2, 0) is 20.3 Å². The molecule has 0 aliphatic heterocycles. The number of hydrogen-bond donors (Lipinski definition) is 1. The first-order valence-electron chi connectivity index (χ1n) is 5.72. The van der Waals surface area contributed by atoms with E-state index < -0.39 is 16.9 Å². The molecule has 18 heavy (non-hydrogen) atoms. The first-order valence-corrected chi connectivity index (χ1v) is 7.45. The van der Waals surface area contributed by atoms with Gasteiger partial charge >= 0.3 is 0 Å². The van der Waals surface area contributed by atoms with Gasteiger partial charge < -0.3 is 10.1 Å². The second-order valence-electron chi connectivity index (χ2n) is 4.09. The van der Waals surface area contributed by atoms with Crippen LogP contribution in [0, 0.1) is 0 Å². The summed E-state index contributed by atoms with van der Waals surface area (Å²) in [4.78, 5) is 11.8. The normalized spacial score (nSPS) is 15.7. The Bertz CT molecular complexity index is 408. The standard InChI is InChI=1S/C13H19NO3S/c1-10(17-2)13(15)14-12(9-18(3)16)11-7-5-4-6-8-11/h4-8,10,12H,9H2,1-3H3,(H,14,15)/t10-,12+,18+/m1/s1. The van der Waals surface area contributed by atoms with Gasteiger partial charge in [-0.15, -0.1) is 0 Å². The fourth-order valence-electron chi connectivity index (χ4n) is 1.54. The van der Waals surface area contributed by atoms with Crippen molar-refractivity contribution in [3.05, 3.63) is 35.9 Å². The number of methoxy groups -OCH3 is 1. The number of amides is 1. The third kappa shape index (κ3) is 4.58. The molecule has 0 radical (unpaired) electrons. The van der Waals surface area contributed by atoms with Crippen molar-refractivity contribution < 1.29 is 13.7 Å². The minimum absolute atomic E-state index is 0.197. The minimum Gasteiger partial charge on any atom is -0.372 e. The van der Waals surface area contributed by atoms with E-state index >= 15 is 0 Å². The van der Waals surface area contributed by atoms with E-state index in [1.54, 1.807) is 13.2 Å². The molecule has 1 amide bonds. The second-order valence-corrected chi connectivity index (χ2v) is 5.57. The summed E-state index contributed by atoms with van der Waals surface area (Å²) in [6.45, 7) is 1.68. The zero-order chi connectivity index (χ0) is 13.5. The Morgan fingerprint density at radius 3 is 2.50 bits per heavy atom. The SMILES string of the molecule is CO[C@H](C)C(=O)N[C@@H](C[S@](C)=O)c1ccccc1. The molecule has 0 fully saturated rings. The molecule has 3 atom stereocenters. The molecule has 4 nitrogen and oxygen atoms in total. The smallest absolute Gasteiger partial charge is 0.249 e. The van der Waals surface area contributed by atoms with Gasteiger partial charge in [-0.3, -0.25) is 9.00 Å². The van der Waals surface area contributed by atoms with Crippen LogP contribution in [0.3, 0.4) is 0 Å². The lowest BCUT2D eigenvalue weighted by Crippen LogP contribution is -2.38. The maximum absolute atomic E-state index is 11.8. The number of rotatable bonds is 6. The second kappa shape index (κ2) is 7.28. The average molecular weight is 269 g/mol. The van der Waals surface area contributed by atoms with E-state index in [2.05, 4.69) is 5.32 Å². The number of ether oxygens (including phenoxy) is 1. The summed E-state index contributed by atoms with van der Waals surface area (Å²) in [6, 6.07) is 9.27. The Kier molecular flexibility index (Phi) is 6.01. The Balaban J connectivity index is 2.80. The van der Waals surface area contributed by atoms with E-state index in [1.807, 2.05) is 30.3 Å². The predicted octanol–water partition coefficient (Wildman–Crippen LogP) is 1.26. The number of carbonyl (C=O) groups is 1. The third-order valence-electron chi connectivity index (χ3n) is 2.64. The summed E-state index contributed by atoms with van der Waals surface area (Å²) < 4.78 is 16.3. The summed E-state index contributed by atoms with van der Waals surface area (Å²) in [6.07, 6.45) is 1.11. The van der Waals surface area contributed by atoms with Gasteiger partial charge in [0.05, 0.1) is 6.04 Å². The summed E-state index contributed by atoms with van der Waals surface area (Å²) in [5.41, 5.74) is 0.948. The van der Waals surface area contributed by atoms with Crippen LogP contribution < -0.4 is 5.32 Å². The Hall–Kier alpha value is -1.20. The molecule has 0 aromatic heterocycles. The molecule has 0 unspecified atom stereocenters. The van der Waals surface area contributed by atoms with Gasteiger partial charge in [0, 0.05) is 29.9 Å². The maximum Gasteiger partial charge on any atom is 0.249 e. The summed E-state index contributed by atoms with van der Waals surface area (Å²) in [5, 5.41) is 2.86. The lowest BCUT2D eigenvalue weighted by Gasteiger charge is -2.20. The van der Waals surface area contributed by atoms with Gasteiger partial charge in [0.1, 0.15) is 6.10 Å². The minimum atomic E-state index is -0.983. The van der Waals surface area contributed by atoms with Crippen LogP contribution in [0.5, 0.6) is 0 Å². The lowest BCUT2D eigenvalue weighted by molar-refractivity contribution is -0.130. The third-order valence-corrected chi connectivity index (χ3v) is 3.45. The van der Waals surface area contributed by atoms with E-state index in [0.717, 1.165) is 5.56 Å². The molecule has 0 saturated carbocycles. The molecule has 1 rings (SSSR count). The van der Waals surface area contributed by atoms with Crippen LogP contribution in [0.25, 0.3) is 0 Å². The molecule has 0 aliphatic rings. The summed E-state index contributed by atoms with van der Waals surface area (Å²) in [7, 11) is 0.503. The number of nitrogens with one attached hydrogen (secondary N) is 1. The molecule has 0 heterocycles. The number of hydrogen-bond acceptors (Lipinski definition) is 3. The van der Waals surface area contributed by atoms with Crippen molar-refractivity contribution in [1.29, 1.82) is 0 Å². The molecular formula is C13H19NO3S. The molecule has 0 spiro atoms. The highest BCUT2D eigenvalue weighted by molar-refractivity contribution is 7.84. The van der Waals surface area contributed by atoms with Crippen molar-refractivity contribution in [2.45, 2.75) is 19.1 Å². The van der Waals surface area contributed by atoms with Crippen LogP contribution in [0.15, 0.2) is 30.3 Å². The van der Waals surface area contributed by atoms with E-state index in [1.165, 1.54) is 7.11 Å². The predicted molar refractivity (Wildman–Crippen MR) is 72.7 cm³/mol. The Morgan fingerprint density at radius 1 is 1.39 bits per heavy atom. The lowest BCUT2D eigenvalue weighted by atomic mass is 10.1. The first kappa shape index (κ1) is 14.9. The zero-order valence-electron chi connectivity index (χ0n) is 10.9. The fraction of sp³-hybridized carbons (Fsp3) is 0.462. The van der Waals surface area contributed by atoms with Crippen molar-refractivity contribution in [3.8, 4) is 0 Å². The van der Waals surface area contributed by atoms with Gasteiger partial charge in [-0.25, -0.2) is 0 Å². The van der Waals surface area contributed by atoms with E-state index in [9.17, 15) is 9.00 Å². The van der Waals surface area contributed by atoms with Gasteiger partial charge in [0.25, 0.3) is 0 Å². The highest BCUT2D eigenvalue weighted by Gasteiger charge is 2.19. The van der Waals surface area contributed by atoms with E-state index in [0.29, 0.717) is 5.75 Å². The molecule has 0 bridgehead atoms. The van der Waals surface area contributed by atoms with Gasteiger partial charge in [0.2, 0.25) is 5.91 Å². The van der Waals surface area contributed by atoms with Crippen LogP contribution in [0.4, 0.5) is 0 Å². The van der Waals surface area contributed by atoms with Crippen molar-refractivity contribution in [1.82, 2.24) is 5.32 Å². The zero-order valence-corrected chi connectivity index (χ0v) is 11.7. The Morgan fingerprint density at radius 2 is 2.00 bits per heavy atom. The van der Waals surface area contributed by atoms with Gasteiger partial charge in [-0.1, -0.05) is 30.3 Å². The highest BCUT2D eigenvalue weighted by Crippen LogP contribution is 2.14. The Labute approximate surface area is 110 Å². The van der Waals surface area contributed by atoms with Crippen LogP contribution in [-0.4, -0.2) is 35.3 Å². The molecule has 0 aliphatic carbocycles. The highest BCUT2D eigenvalue weighted by atomic mass is 32.2. The quantitative estimate of drug-likeness (QED) is 0.846.